The molecule has 0 aromatic heterocycles. The van der Waals surface area contributed by atoms with E-state index in [1.54, 1.807) is 30.3 Å². The lowest BCUT2D eigenvalue weighted by Gasteiger charge is -2.19. The Kier molecular flexibility index (Phi) is 6.94. The van der Waals surface area contributed by atoms with Crippen molar-refractivity contribution in [1.82, 2.24) is 5.06 Å². The van der Waals surface area contributed by atoms with Crippen molar-refractivity contribution >= 4 is 27.7 Å². The second-order valence-electron chi connectivity index (χ2n) is 3.89. The van der Waals surface area contributed by atoms with Crippen LogP contribution in [-0.4, -0.2) is 51.3 Å². The van der Waals surface area contributed by atoms with E-state index in [1.807, 2.05) is 0 Å². The Bertz CT molecular complexity index is 520. The molecule has 0 radical (unpaired) electrons. The third-order valence-electron chi connectivity index (χ3n) is 2.19. The van der Waals surface area contributed by atoms with Crippen LogP contribution in [0.1, 0.15) is 10.4 Å². The van der Waals surface area contributed by atoms with Crippen LogP contribution in [0.15, 0.2) is 30.3 Å². The van der Waals surface area contributed by atoms with Crippen LogP contribution in [-0.2, 0) is 19.1 Å². The molecule has 0 fully saturated rings. The lowest BCUT2D eigenvalue weighted by atomic mass is 10.2. The molecule has 0 N–H and O–H groups in total. The van der Waals surface area contributed by atoms with Crippen molar-refractivity contribution in [3.05, 3.63) is 35.9 Å². The van der Waals surface area contributed by atoms with Crippen LogP contribution >= 0.6 is 11.6 Å². The average molecular weight is 322 g/mol. The van der Waals surface area contributed by atoms with Crippen molar-refractivity contribution in [3.63, 3.8) is 0 Å². The molecule has 0 atom stereocenters. The van der Waals surface area contributed by atoms with E-state index in [0.29, 0.717) is 5.56 Å². The Labute approximate surface area is 123 Å². The maximum atomic E-state index is 11.8. The molecule has 0 saturated carbocycles. The molecule has 8 heteroatoms. The van der Waals surface area contributed by atoms with Gasteiger partial charge in [-0.25, -0.2) is 4.79 Å². The van der Waals surface area contributed by atoms with Crippen molar-refractivity contribution in [2.75, 3.05) is 31.8 Å². The monoisotopic (exact) mass is 321 g/mol. The summed E-state index contributed by atoms with van der Waals surface area (Å²) in [5.74, 6) is -0.295. The van der Waals surface area contributed by atoms with Crippen molar-refractivity contribution in [3.8, 4) is 0 Å². The molecule has 1 aromatic rings. The van der Waals surface area contributed by atoms with Crippen LogP contribution < -0.4 is 0 Å². The fraction of sp³-hybridized carbons (Fsp3) is 0.417. The molecule has 0 unspecified atom stereocenters. The van der Waals surface area contributed by atoms with Crippen molar-refractivity contribution in [2.24, 2.45) is 0 Å². The molecule has 112 valence electrons. The van der Waals surface area contributed by atoms with Crippen LogP contribution in [0.2, 0.25) is 0 Å². The predicted molar refractivity (Wildman–Crippen MR) is 74.9 cm³/mol. The topological polar surface area (TPSA) is 72.9 Å². The third-order valence-corrected chi connectivity index (χ3v) is 2.96. The van der Waals surface area contributed by atoms with Gasteiger partial charge in [0.15, 0.2) is 0 Å². The quantitative estimate of drug-likeness (QED) is 0.408. The number of hydroxylamine groups is 2. The van der Waals surface area contributed by atoms with E-state index in [0.717, 1.165) is 6.26 Å². The number of carbonyl (C=O) groups excluding carboxylic acids is 1. The zero-order valence-corrected chi connectivity index (χ0v) is 12.6. The minimum Gasteiger partial charge on any atom is -0.364 e. The minimum absolute atomic E-state index is 0.109. The van der Waals surface area contributed by atoms with Crippen molar-refractivity contribution in [2.45, 2.75) is 0 Å². The molecule has 0 amide bonds. The second-order valence-corrected chi connectivity index (χ2v) is 5.91. The summed E-state index contributed by atoms with van der Waals surface area (Å²) >= 11 is 5.60. The number of hydrogen-bond acceptors (Lipinski definition) is 6. The normalized spacial score (nSPS) is 11.6. The summed E-state index contributed by atoms with van der Waals surface area (Å²) in [4.78, 5) is 17.0. The highest BCUT2D eigenvalue weighted by atomic mass is 35.5. The Balaban J connectivity index is 2.52. The zero-order chi connectivity index (χ0) is 15.0. The molecule has 0 heterocycles. The van der Waals surface area contributed by atoms with Crippen LogP contribution in [0, 0.1) is 0 Å². The highest BCUT2D eigenvalue weighted by Crippen LogP contribution is 2.04. The highest BCUT2D eigenvalue weighted by molar-refractivity contribution is 7.85. The van der Waals surface area contributed by atoms with Crippen LogP contribution in [0.4, 0.5) is 0 Å². The van der Waals surface area contributed by atoms with Crippen molar-refractivity contribution in [1.29, 1.82) is 0 Å². The van der Waals surface area contributed by atoms with Gasteiger partial charge in [-0.3, -0.25) is 4.18 Å². The smallest absolute Gasteiger partial charge is 0.357 e. The lowest BCUT2D eigenvalue weighted by Crippen LogP contribution is -2.32. The number of nitrogens with zero attached hydrogens (tertiary/aromatic N) is 1. The first kappa shape index (κ1) is 16.9. The lowest BCUT2D eigenvalue weighted by molar-refractivity contribution is -0.109. The van der Waals surface area contributed by atoms with Gasteiger partial charge in [-0.15, -0.1) is 16.7 Å². The molecule has 1 aromatic carbocycles. The van der Waals surface area contributed by atoms with Crippen LogP contribution in [0.3, 0.4) is 0 Å². The van der Waals surface area contributed by atoms with Gasteiger partial charge in [0, 0.05) is 12.4 Å². The third kappa shape index (κ3) is 6.85. The molecule has 0 aliphatic heterocycles. The van der Waals surface area contributed by atoms with E-state index in [1.165, 1.54) is 5.06 Å². The largest absolute Gasteiger partial charge is 0.364 e. The fourth-order valence-electron chi connectivity index (χ4n) is 1.33. The summed E-state index contributed by atoms with van der Waals surface area (Å²) in [6, 6.07) is 8.46. The Morgan fingerprint density at radius 1 is 1.25 bits per heavy atom. The number of alkyl halides is 1. The van der Waals surface area contributed by atoms with E-state index in [4.69, 9.17) is 16.4 Å². The first-order valence-corrected chi connectivity index (χ1v) is 8.20. The van der Waals surface area contributed by atoms with Gasteiger partial charge >= 0.3 is 5.97 Å². The number of halogens is 1. The molecular formula is C12H16ClNO5S. The van der Waals surface area contributed by atoms with E-state index < -0.39 is 16.1 Å². The Hall–Kier alpha value is -1.15. The second kappa shape index (κ2) is 8.21. The molecule has 0 bridgehead atoms. The fourth-order valence-corrected chi connectivity index (χ4v) is 1.90. The summed E-state index contributed by atoms with van der Waals surface area (Å²) < 4.78 is 26.3. The number of benzene rings is 1. The summed E-state index contributed by atoms with van der Waals surface area (Å²) in [5.41, 5.74) is 0.399. The standard InChI is InChI=1S/C12H16ClNO5S/c1-20(16,17)18-10-9-14(8-7-13)19-12(15)11-5-3-2-4-6-11/h2-6H,7-10H2,1H3. The summed E-state index contributed by atoms with van der Waals surface area (Å²) in [7, 11) is -3.52. The van der Waals surface area contributed by atoms with E-state index in [2.05, 4.69) is 4.18 Å². The van der Waals surface area contributed by atoms with Gasteiger partial charge in [-0.1, -0.05) is 18.2 Å². The number of rotatable bonds is 8. The van der Waals surface area contributed by atoms with Gasteiger partial charge in [0.05, 0.1) is 25.0 Å². The van der Waals surface area contributed by atoms with Gasteiger partial charge in [-0.05, 0) is 12.1 Å². The minimum atomic E-state index is -3.52. The first-order valence-electron chi connectivity index (χ1n) is 5.85. The number of hydrogen-bond donors (Lipinski definition) is 0. The molecule has 0 aliphatic carbocycles. The van der Waals surface area contributed by atoms with E-state index in [-0.39, 0.29) is 25.6 Å². The van der Waals surface area contributed by atoms with Crippen molar-refractivity contribution < 1.29 is 22.2 Å². The molecule has 0 saturated heterocycles. The highest BCUT2D eigenvalue weighted by Gasteiger charge is 2.14. The van der Waals surface area contributed by atoms with Gasteiger partial charge in [0.25, 0.3) is 10.1 Å². The molecule has 1 rings (SSSR count). The first-order chi connectivity index (χ1) is 9.42. The SMILES string of the molecule is CS(=O)(=O)OCCN(CCCl)OC(=O)c1ccccc1. The Morgan fingerprint density at radius 3 is 2.45 bits per heavy atom. The summed E-state index contributed by atoms with van der Waals surface area (Å²) in [6.45, 7) is 0.267. The van der Waals surface area contributed by atoms with Gasteiger partial charge in [-0.2, -0.15) is 8.42 Å². The average Bonchev–Trinajstić information content (AvgIpc) is 2.38. The predicted octanol–water partition coefficient (Wildman–Crippen LogP) is 1.28. The molecule has 0 aliphatic rings. The van der Waals surface area contributed by atoms with Gasteiger partial charge < -0.3 is 4.84 Å². The molecule has 0 spiro atoms. The van der Waals surface area contributed by atoms with E-state index in [9.17, 15) is 13.2 Å². The van der Waals surface area contributed by atoms with Gasteiger partial charge in [0.1, 0.15) is 0 Å². The van der Waals surface area contributed by atoms with Crippen LogP contribution in [0.5, 0.6) is 0 Å². The van der Waals surface area contributed by atoms with Crippen LogP contribution in [0.25, 0.3) is 0 Å². The maximum absolute atomic E-state index is 11.8. The zero-order valence-electron chi connectivity index (χ0n) is 11.0. The maximum Gasteiger partial charge on any atom is 0.357 e. The molecular weight excluding hydrogens is 306 g/mol. The summed E-state index contributed by atoms with van der Waals surface area (Å²) in [6.07, 6.45) is 0.953. The molecule has 6 nitrogen and oxygen atoms in total. The van der Waals surface area contributed by atoms with E-state index >= 15 is 0 Å². The van der Waals surface area contributed by atoms with Gasteiger partial charge in [0.2, 0.25) is 0 Å². The number of carbonyl (C=O) groups is 1. The Morgan fingerprint density at radius 2 is 1.90 bits per heavy atom. The summed E-state index contributed by atoms with van der Waals surface area (Å²) in [5, 5.41) is 1.27. The molecule has 20 heavy (non-hydrogen) atoms.